The number of nitrogens with one attached hydrogen (secondary N) is 1. The average Bonchev–Trinajstić information content (AvgIpc) is 3.19. The first-order valence-corrected chi connectivity index (χ1v) is 8.40. The highest BCUT2D eigenvalue weighted by Crippen LogP contribution is 2.28. The van der Waals surface area contributed by atoms with Crippen LogP contribution in [0.5, 0.6) is 5.75 Å². The monoisotopic (exact) mass is 340 g/mol. The largest absolute Gasteiger partial charge is 0.496 e. The van der Waals surface area contributed by atoms with Crippen molar-refractivity contribution >= 4 is 0 Å². The molecule has 2 aromatic heterocycles. The lowest BCUT2D eigenvalue weighted by Gasteiger charge is -2.13. The lowest BCUT2D eigenvalue weighted by molar-refractivity contribution is 0.356. The molecule has 0 radical (unpaired) electrons. The Bertz CT molecular complexity index is 838. The van der Waals surface area contributed by atoms with Crippen molar-refractivity contribution in [2.75, 3.05) is 7.11 Å². The van der Waals surface area contributed by atoms with Gasteiger partial charge in [0.2, 0.25) is 0 Å². The van der Waals surface area contributed by atoms with E-state index in [-0.39, 0.29) is 6.04 Å². The summed E-state index contributed by atoms with van der Waals surface area (Å²) in [5, 5.41) is 12.1. The Hall–Kier alpha value is -2.60. The second-order valence-corrected chi connectivity index (χ2v) is 6.27. The standard InChI is InChI=1S/C19H24N4O2/c1-13-9-15(3)23(21-13)12-14(2)20-11-16-10-18(22-25-16)17-7-5-6-8-19(17)24-4/h5-10,14,20H,11-12H2,1-4H3/t14-/m1/s1. The van der Waals surface area contributed by atoms with Crippen molar-refractivity contribution in [3.05, 3.63) is 53.5 Å². The molecule has 0 spiro atoms. The van der Waals surface area contributed by atoms with Crippen LogP contribution >= 0.6 is 0 Å². The Labute approximate surface area is 147 Å². The van der Waals surface area contributed by atoms with E-state index in [1.54, 1.807) is 7.11 Å². The van der Waals surface area contributed by atoms with Gasteiger partial charge in [-0.2, -0.15) is 5.10 Å². The van der Waals surface area contributed by atoms with Crippen LogP contribution in [0.4, 0.5) is 0 Å². The highest BCUT2D eigenvalue weighted by atomic mass is 16.5. The van der Waals surface area contributed by atoms with Gasteiger partial charge in [0.1, 0.15) is 11.4 Å². The van der Waals surface area contributed by atoms with Crippen LogP contribution in [-0.4, -0.2) is 28.1 Å². The summed E-state index contributed by atoms with van der Waals surface area (Å²) < 4.78 is 12.9. The lowest BCUT2D eigenvalue weighted by Crippen LogP contribution is -2.30. The molecule has 6 heteroatoms. The third-order valence-electron chi connectivity index (χ3n) is 4.12. The summed E-state index contributed by atoms with van der Waals surface area (Å²) in [5.74, 6) is 1.58. The molecule has 1 N–H and O–H groups in total. The number of ether oxygens (including phenoxy) is 1. The van der Waals surface area contributed by atoms with Gasteiger partial charge in [-0.1, -0.05) is 17.3 Å². The predicted octanol–water partition coefficient (Wildman–Crippen LogP) is 3.34. The fourth-order valence-corrected chi connectivity index (χ4v) is 2.84. The number of methoxy groups -OCH3 is 1. The van der Waals surface area contributed by atoms with E-state index in [4.69, 9.17) is 9.26 Å². The van der Waals surface area contributed by atoms with Crippen molar-refractivity contribution in [3.63, 3.8) is 0 Å². The molecular formula is C19H24N4O2. The van der Waals surface area contributed by atoms with Crippen LogP contribution < -0.4 is 10.1 Å². The van der Waals surface area contributed by atoms with Crippen molar-refractivity contribution < 1.29 is 9.26 Å². The number of aromatic nitrogens is 3. The third-order valence-corrected chi connectivity index (χ3v) is 4.12. The van der Waals surface area contributed by atoms with Crippen molar-refractivity contribution in [3.8, 4) is 17.0 Å². The van der Waals surface area contributed by atoms with Crippen LogP contribution in [-0.2, 0) is 13.1 Å². The number of aryl methyl sites for hydroxylation is 2. The van der Waals surface area contributed by atoms with E-state index in [2.05, 4.69) is 35.5 Å². The fourth-order valence-electron chi connectivity index (χ4n) is 2.84. The third kappa shape index (κ3) is 4.09. The van der Waals surface area contributed by atoms with Crippen LogP contribution in [0.3, 0.4) is 0 Å². The van der Waals surface area contributed by atoms with Gasteiger partial charge in [0.25, 0.3) is 0 Å². The number of hydrogen-bond acceptors (Lipinski definition) is 5. The summed E-state index contributed by atoms with van der Waals surface area (Å²) in [6.07, 6.45) is 0. The second-order valence-electron chi connectivity index (χ2n) is 6.27. The summed E-state index contributed by atoms with van der Waals surface area (Å²) in [5.41, 5.74) is 3.92. The molecule has 2 heterocycles. The normalized spacial score (nSPS) is 12.3. The van der Waals surface area contributed by atoms with E-state index in [0.29, 0.717) is 6.54 Å². The Balaban J connectivity index is 1.61. The zero-order valence-electron chi connectivity index (χ0n) is 15.1. The molecule has 0 aliphatic heterocycles. The van der Waals surface area contributed by atoms with Gasteiger partial charge < -0.3 is 14.6 Å². The quantitative estimate of drug-likeness (QED) is 0.714. The van der Waals surface area contributed by atoms with Crippen LogP contribution in [0.25, 0.3) is 11.3 Å². The highest BCUT2D eigenvalue weighted by Gasteiger charge is 2.12. The zero-order valence-corrected chi connectivity index (χ0v) is 15.1. The highest BCUT2D eigenvalue weighted by molar-refractivity contribution is 5.66. The number of para-hydroxylation sites is 1. The van der Waals surface area contributed by atoms with Crippen LogP contribution in [0.1, 0.15) is 24.1 Å². The Morgan fingerprint density at radius 2 is 2.04 bits per heavy atom. The molecular weight excluding hydrogens is 316 g/mol. The number of nitrogens with zero attached hydrogens (tertiary/aromatic N) is 3. The van der Waals surface area contributed by atoms with E-state index in [0.717, 1.165) is 35.0 Å². The summed E-state index contributed by atoms with van der Waals surface area (Å²) in [4.78, 5) is 0. The molecule has 0 saturated heterocycles. The van der Waals surface area contributed by atoms with Gasteiger partial charge in [-0.3, -0.25) is 4.68 Å². The molecule has 1 aromatic carbocycles. The molecule has 0 aliphatic rings. The smallest absolute Gasteiger partial charge is 0.151 e. The van der Waals surface area contributed by atoms with E-state index >= 15 is 0 Å². The van der Waals surface area contributed by atoms with Crippen molar-refractivity contribution in [1.29, 1.82) is 0 Å². The molecule has 1 atom stereocenters. The zero-order chi connectivity index (χ0) is 17.8. The first-order chi connectivity index (χ1) is 12.1. The Morgan fingerprint density at radius 1 is 1.24 bits per heavy atom. The number of benzene rings is 1. The molecule has 25 heavy (non-hydrogen) atoms. The van der Waals surface area contributed by atoms with Crippen molar-refractivity contribution in [2.24, 2.45) is 0 Å². The van der Waals surface area contributed by atoms with E-state index in [1.165, 1.54) is 5.69 Å². The lowest BCUT2D eigenvalue weighted by atomic mass is 10.1. The summed E-state index contributed by atoms with van der Waals surface area (Å²) >= 11 is 0. The second kappa shape index (κ2) is 7.53. The summed E-state index contributed by atoms with van der Waals surface area (Å²) in [6.45, 7) is 7.64. The first-order valence-electron chi connectivity index (χ1n) is 8.40. The van der Waals surface area contributed by atoms with Gasteiger partial charge in [0.15, 0.2) is 5.76 Å². The van der Waals surface area contributed by atoms with Crippen LogP contribution in [0.15, 0.2) is 40.9 Å². The minimum absolute atomic E-state index is 0.262. The van der Waals surface area contributed by atoms with E-state index in [1.807, 2.05) is 41.9 Å². The Kier molecular flexibility index (Phi) is 5.19. The molecule has 132 valence electrons. The predicted molar refractivity (Wildman–Crippen MR) is 96.5 cm³/mol. The van der Waals surface area contributed by atoms with Gasteiger partial charge in [-0.15, -0.1) is 0 Å². The molecule has 0 aliphatic carbocycles. The molecule has 0 fully saturated rings. The topological polar surface area (TPSA) is 65.1 Å². The average molecular weight is 340 g/mol. The number of hydrogen-bond donors (Lipinski definition) is 1. The minimum atomic E-state index is 0.262. The molecule has 3 rings (SSSR count). The maximum Gasteiger partial charge on any atom is 0.151 e. The van der Waals surface area contributed by atoms with Gasteiger partial charge >= 0.3 is 0 Å². The maximum atomic E-state index is 5.46. The fraction of sp³-hybridized carbons (Fsp3) is 0.368. The van der Waals surface area contributed by atoms with Gasteiger partial charge in [-0.05, 0) is 39.0 Å². The SMILES string of the molecule is COc1ccccc1-c1cc(CN[C@H](C)Cn2nc(C)cc2C)on1. The Morgan fingerprint density at radius 3 is 2.76 bits per heavy atom. The molecule has 3 aromatic rings. The molecule has 0 bridgehead atoms. The molecule has 6 nitrogen and oxygen atoms in total. The summed E-state index contributed by atoms with van der Waals surface area (Å²) in [7, 11) is 1.65. The molecule has 0 saturated carbocycles. The molecule has 0 amide bonds. The number of rotatable bonds is 7. The van der Waals surface area contributed by atoms with E-state index in [9.17, 15) is 0 Å². The van der Waals surface area contributed by atoms with E-state index < -0.39 is 0 Å². The van der Waals surface area contributed by atoms with Gasteiger partial charge in [0.05, 0.1) is 25.9 Å². The van der Waals surface area contributed by atoms with Crippen molar-refractivity contribution in [2.45, 2.75) is 39.9 Å². The van der Waals surface area contributed by atoms with Crippen LogP contribution in [0.2, 0.25) is 0 Å². The van der Waals surface area contributed by atoms with Crippen LogP contribution in [0, 0.1) is 13.8 Å². The summed E-state index contributed by atoms with van der Waals surface area (Å²) in [6, 6.07) is 12.1. The minimum Gasteiger partial charge on any atom is -0.496 e. The van der Waals surface area contributed by atoms with Gasteiger partial charge in [0, 0.05) is 23.4 Å². The van der Waals surface area contributed by atoms with Gasteiger partial charge in [-0.25, -0.2) is 0 Å². The van der Waals surface area contributed by atoms with Crippen molar-refractivity contribution in [1.82, 2.24) is 20.3 Å². The molecule has 0 unspecified atom stereocenters. The first kappa shape index (κ1) is 17.2. The maximum absolute atomic E-state index is 5.46.